The highest BCUT2D eigenvalue weighted by Gasteiger charge is 2.15. The van der Waals surface area contributed by atoms with E-state index in [2.05, 4.69) is 11.9 Å². The fourth-order valence-corrected chi connectivity index (χ4v) is 1.48. The van der Waals surface area contributed by atoms with Gasteiger partial charge in [-0.25, -0.2) is 4.98 Å². The summed E-state index contributed by atoms with van der Waals surface area (Å²) in [5.74, 6) is -0.160. The number of nitrogens with two attached hydrogens (primary N) is 1. The third-order valence-corrected chi connectivity index (χ3v) is 2.44. The third-order valence-electron chi connectivity index (χ3n) is 2.44. The van der Waals surface area contributed by atoms with Crippen molar-refractivity contribution in [1.29, 1.82) is 0 Å². The summed E-state index contributed by atoms with van der Waals surface area (Å²) < 4.78 is 0. The number of aliphatic hydroxyl groups excluding tert-OH is 1. The van der Waals surface area contributed by atoms with E-state index in [1.807, 2.05) is 0 Å². The highest BCUT2D eigenvalue weighted by atomic mass is 16.3. The molecule has 0 saturated carbocycles. The molecule has 3 N–H and O–H groups in total. The fourth-order valence-electron chi connectivity index (χ4n) is 1.48. The predicted octanol–water partition coefficient (Wildman–Crippen LogP) is 0.898. The molecule has 0 spiro atoms. The Morgan fingerprint density at radius 1 is 1.47 bits per heavy atom. The minimum atomic E-state index is -0.160. The minimum absolute atomic E-state index is 0.0373. The molecule has 5 heteroatoms. The van der Waals surface area contributed by atoms with Gasteiger partial charge in [0.2, 0.25) is 0 Å². The van der Waals surface area contributed by atoms with E-state index in [1.165, 1.54) is 6.20 Å². The molecule has 0 atom stereocenters. The Labute approximate surface area is 101 Å². The second-order valence-corrected chi connectivity index (χ2v) is 3.85. The lowest BCUT2D eigenvalue weighted by Crippen LogP contribution is -2.34. The van der Waals surface area contributed by atoms with Crippen LogP contribution in [0.25, 0.3) is 0 Å². The first-order valence-corrected chi connectivity index (χ1v) is 5.80. The van der Waals surface area contributed by atoms with Crippen molar-refractivity contribution in [2.75, 3.05) is 25.4 Å². The zero-order valence-corrected chi connectivity index (χ0v) is 10.1. The molecule has 0 unspecified atom stereocenters. The van der Waals surface area contributed by atoms with Gasteiger partial charge >= 0.3 is 0 Å². The van der Waals surface area contributed by atoms with Gasteiger partial charge in [-0.05, 0) is 18.6 Å². The van der Waals surface area contributed by atoms with E-state index in [9.17, 15) is 4.79 Å². The smallest absolute Gasteiger partial charge is 0.272 e. The van der Waals surface area contributed by atoms with Crippen LogP contribution in [0.15, 0.2) is 18.3 Å². The van der Waals surface area contributed by atoms with Gasteiger partial charge in [0.15, 0.2) is 0 Å². The molecule has 0 saturated heterocycles. The molecule has 0 aromatic carbocycles. The number of hydrogen-bond donors (Lipinski definition) is 2. The lowest BCUT2D eigenvalue weighted by molar-refractivity contribution is 0.0713. The normalized spacial score (nSPS) is 10.2. The Balaban J connectivity index is 2.72. The first-order chi connectivity index (χ1) is 8.19. The van der Waals surface area contributed by atoms with Gasteiger partial charge in [-0.15, -0.1) is 0 Å². The molecule has 0 aliphatic rings. The molecule has 1 amide bonds. The standard InChI is InChI=1S/C12H19N3O2/c1-2-3-6-15(7-8-16)12(17)11-5-4-10(13)9-14-11/h4-5,9,16H,2-3,6-8,13H2,1H3. The molecule has 94 valence electrons. The molecule has 1 aromatic heterocycles. The second kappa shape index (κ2) is 6.85. The number of anilines is 1. The Kier molecular flexibility index (Phi) is 5.42. The van der Waals surface area contributed by atoms with Crippen molar-refractivity contribution in [3.63, 3.8) is 0 Å². The van der Waals surface area contributed by atoms with Crippen molar-refractivity contribution in [2.45, 2.75) is 19.8 Å². The van der Waals surface area contributed by atoms with Crippen molar-refractivity contribution in [1.82, 2.24) is 9.88 Å². The Morgan fingerprint density at radius 3 is 2.76 bits per heavy atom. The molecule has 0 radical (unpaired) electrons. The van der Waals surface area contributed by atoms with Gasteiger partial charge in [-0.2, -0.15) is 0 Å². The number of amides is 1. The minimum Gasteiger partial charge on any atom is -0.397 e. The molecule has 1 aromatic rings. The molecule has 1 rings (SSSR count). The number of nitrogen functional groups attached to an aromatic ring is 1. The van der Waals surface area contributed by atoms with Crippen LogP contribution >= 0.6 is 0 Å². The number of aliphatic hydroxyl groups is 1. The predicted molar refractivity (Wildman–Crippen MR) is 66.5 cm³/mol. The van der Waals surface area contributed by atoms with Crippen LogP contribution in [0.2, 0.25) is 0 Å². The van der Waals surface area contributed by atoms with Gasteiger partial charge in [0.1, 0.15) is 5.69 Å². The third kappa shape index (κ3) is 4.03. The average Bonchev–Trinajstić information content (AvgIpc) is 2.34. The summed E-state index contributed by atoms with van der Waals surface area (Å²) in [6.45, 7) is 3.00. The molecule has 0 aliphatic carbocycles. The van der Waals surface area contributed by atoms with Crippen LogP contribution in [0.3, 0.4) is 0 Å². The van der Waals surface area contributed by atoms with Crippen LogP contribution in [0.4, 0.5) is 5.69 Å². The van der Waals surface area contributed by atoms with Gasteiger partial charge in [0.05, 0.1) is 18.5 Å². The number of carbonyl (C=O) groups excluding carboxylic acids is 1. The molecule has 5 nitrogen and oxygen atoms in total. The van der Waals surface area contributed by atoms with Gasteiger partial charge in [0, 0.05) is 13.1 Å². The fraction of sp³-hybridized carbons (Fsp3) is 0.500. The maximum absolute atomic E-state index is 12.1. The van der Waals surface area contributed by atoms with E-state index < -0.39 is 0 Å². The molecular weight excluding hydrogens is 218 g/mol. The summed E-state index contributed by atoms with van der Waals surface area (Å²) in [6.07, 6.45) is 3.38. The summed E-state index contributed by atoms with van der Waals surface area (Å²) >= 11 is 0. The highest BCUT2D eigenvalue weighted by Crippen LogP contribution is 2.06. The van der Waals surface area contributed by atoms with E-state index in [-0.39, 0.29) is 12.5 Å². The highest BCUT2D eigenvalue weighted by molar-refractivity contribution is 5.92. The van der Waals surface area contributed by atoms with Crippen LogP contribution in [-0.4, -0.2) is 40.6 Å². The first-order valence-electron chi connectivity index (χ1n) is 5.80. The maximum atomic E-state index is 12.1. The number of hydrogen-bond acceptors (Lipinski definition) is 4. The van der Waals surface area contributed by atoms with E-state index in [0.717, 1.165) is 12.8 Å². The van der Waals surface area contributed by atoms with Crippen LogP contribution in [0.5, 0.6) is 0 Å². The summed E-state index contributed by atoms with van der Waals surface area (Å²) in [5.41, 5.74) is 6.41. The average molecular weight is 237 g/mol. The van der Waals surface area contributed by atoms with Crippen molar-refractivity contribution in [2.24, 2.45) is 0 Å². The number of aromatic nitrogens is 1. The number of nitrogens with zero attached hydrogens (tertiary/aromatic N) is 2. The summed E-state index contributed by atoms with van der Waals surface area (Å²) in [6, 6.07) is 3.26. The first kappa shape index (κ1) is 13.4. The zero-order valence-electron chi connectivity index (χ0n) is 10.1. The van der Waals surface area contributed by atoms with E-state index >= 15 is 0 Å². The van der Waals surface area contributed by atoms with Crippen molar-refractivity contribution < 1.29 is 9.90 Å². The monoisotopic (exact) mass is 237 g/mol. The summed E-state index contributed by atoms with van der Waals surface area (Å²) in [5, 5.41) is 8.94. The quantitative estimate of drug-likeness (QED) is 0.770. The topological polar surface area (TPSA) is 79.5 Å². The van der Waals surface area contributed by atoms with Crippen LogP contribution in [-0.2, 0) is 0 Å². The van der Waals surface area contributed by atoms with Gasteiger partial charge < -0.3 is 15.7 Å². The van der Waals surface area contributed by atoms with Gasteiger partial charge in [0.25, 0.3) is 5.91 Å². The van der Waals surface area contributed by atoms with E-state index in [0.29, 0.717) is 24.5 Å². The van der Waals surface area contributed by atoms with Gasteiger partial charge in [-0.3, -0.25) is 4.79 Å². The number of carbonyl (C=O) groups is 1. The molecule has 17 heavy (non-hydrogen) atoms. The Hall–Kier alpha value is -1.62. The van der Waals surface area contributed by atoms with Crippen molar-refractivity contribution in [3.8, 4) is 0 Å². The zero-order chi connectivity index (χ0) is 12.7. The van der Waals surface area contributed by atoms with Gasteiger partial charge in [-0.1, -0.05) is 13.3 Å². The summed E-state index contributed by atoms with van der Waals surface area (Å²) in [7, 11) is 0. The Bertz CT molecular complexity index is 351. The SMILES string of the molecule is CCCCN(CCO)C(=O)c1ccc(N)cn1. The van der Waals surface area contributed by atoms with E-state index in [4.69, 9.17) is 10.8 Å². The Morgan fingerprint density at radius 2 is 2.24 bits per heavy atom. The maximum Gasteiger partial charge on any atom is 0.272 e. The van der Waals surface area contributed by atoms with Crippen molar-refractivity contribution in [3.05, 3.63) is 24.0 Å². The molecule has 0 fully saturated rings. The lowest BCUT2D eigenvalue weighted by atomic mass is 10.2. The number of rotatable bonds is 6. The van der Waals surface area contributed by atoms with Crippen molar-refractivity contribution >= 4 is 11.6 Å². The molecule has 0 bridgehead atoms. The second-order valence-electron chi connectivity index (χ2n) is 3.85. The van der Waals surface area contributed by atoms with Crippen LogP contribution in [0.1, 0.15) is 30.3 Å². The molecule has 1 heterocycles. The van der Waals surface area contributed by atoms with E-state index in [1.54, 1.807) is 17.0 Å². The lowest BCUT2D eigenvalue weighted by Gasteiger charge is -2.21. The summed E-state index contributed by atoms with van der Waals surface area (Å²) in [4.78, 5) is 17.7. The van der Waals surface area contributed by atoms with Crippen LogP contribution < -0.4 is 5.73 Å². The number of unbranched alkanes of at least 4 members (excludes halogenated alkanes) is 1. The molecule has 0 aliphatic heterocycles. The molecular formula is C12H19N3O2. The van der Waals surface area contributed by atoms with Crippen LogP contribution in [0, 0.1) is 0 Å². The number of pyridine rings is 1. The largest absolute Gasteiger partial charge is 0.397 e.